The standard InChI is InChI=1S/C17H18O3/c1-13-7-9-14(10-8-13)11-16(17(18)19)20-12-15-5-3-2-4-6-15/h2-10,16H,11-12H2,1H3,(H,18,19)/t16-/m1/s1. The average molecular weight is 270 g/mol. The maximum absolute atomic E-state index is 11.3. The van der Waals surface area contributed by atoms with Gasteiger partial charge in [-0.25, -0.2) is 4.79 Å². The highest BCUT2D eigenvalue weighted by atomic mass is 16.5. The molecular formula is C17H18O3. The first-order chi connectivity index (χ1) is 9.65. The van der Waals surface area contributed by atoms with Crippen LogP contribution >= 0.6 is 0 Å². The van der Waals surface area contributed by atoms with Crippen LogP contribution in [-0.4, -0.2) is 17.2 Å². The molecule has 104 valence electrons. The van der Waals surface area contributed by atoms with E-state index in [4.69, 9.17) is 4.74 Å². The van der Waals surface area contributed by atoms with Crippen LogP contribution in [0.5, 0.6) is 0 Å². The average Bonchev–Trinajstić information content (AvgIpc) is 2.46. The van der Waals surface area contributed by atoms with Crippen molar-refractivity contribution < 1.29 is 14.6 Å². The van der Waals surface area contributed by atoms with E-state index >= 15 is 0 Å². The molecule has 0 aliphatic carbocycles. The van der Waals surface area contributed by atoms with Gasteiger partial charge in [-0.3, -0.25) is 0 Å². The Morgan fingerprint density at radius 1 is 1.05 bits per heavy atom. The number of aliphatic carboxylic acids is 1. The number of hydrogen-bond donors (Lipinski definition) is 1. The Balaban J connectivity index is 1.97. The second-order valence-corrected chi connectivity index (χ2v) is 4.81. The molecule has 0 fully saturated rings. The van der Waals surface area contributed by atoms with Gasteiger partial charge in [0, 0.05) is 6.42 Å². The van der Waals surface area contributed by atoms with Crippen molar-refractivity contribution in [2.24, 2.45) is 0 Å². The van der Waals surface area contributed by atoms with Gasteiger partial charge < -0.3 is 9.84 Å². The quantitative estimate of drug-likeness (QED) is 0.876. The highest BCUT2D eigenvalue weighted by Gasteiger charge is 2.18. The molecule has 2 aromatic rings. The summed E-state index contributed by atoms with van der Waals surface area (Å²) < 4.78 is 5.52. The minimum absolute atomic E-state index is 0.309. The number of benzene rings is 2. The van der Waals surface area contributed by atoms with E-state index in [1.165, 1.54) is 0 Å². The van der Waals surface area contributed by atoms with E-state index in [0.717, 1.165) is 16.7 Å². The lowest BCUT2D eigenvalue weighted by molar-refractivity contribution is -0.151. The van der Waals surface area contributed by atoms with Gasteiger partial charge in [-0.15, -0.1) is 0 Å². The van der Waals surface area contributed by atoms with Gasteiger partial charge in [0.1, 0.15) is 0 Å². The van der Waals surface area contributed by atoms with E-state index in [0.29, 0.717) is 13.0 Å². The van der Waals surface area contributed by atoms with Crippen LogP contribution in [0.15, 0.2) is 54.6 Å². The largest absolute Gasteiger partial charge is 0.479 e. The molecule has 0 spiro atoms. The minimum Gasteiger partial charge on any atom is -0.479 e. The highest BCUT2D eigenvalue weighted by Crippen LogP contribution is 2.11. The number of aryl methyl sites for hydroxylation is 1. The SMILES string of the molecule is Cc1ccc(C[C@@H](OCc2ccccc2)C(=O)O)cc1. The second-order valence-electron chi connectivity index (χ2n) is 4.81. The molecule has 2 aromatic carbocycles. The Labute approximate surface area is 118 Å². The van der Waals surface area contributed by atoms with E-state index in [1.54, 1.807) is 0 Å². The molecule has 20 heavy (non-hydrogen) atoms. The summed E-state index contributed by atoms with van der Waals surface area (Å²) in [6.07, 6.45) is -0.444. The zero-order chi connectivity index (χ0) is 14.4. The van der Waals surface area contributed by atoms with Crippen LogP contribution in [0.25, 0.3) is 0 Å². The summed E-state index contributed by atoms with van der Waals surface area (Å²) in [5.41, 5.74) is 3.10. The molecule has 0 aliphatic heterocycles. The van der Waals surface area contributed by atoms with Gasteiger partial charge in [-0.2, -0.15) is 0 Å². The molecule has 1 N–H and O–H groups in total. The summed E-state index contributed by atoms with van der Waals surface area (Å²) in [5.74, 6) is -0.929. The predicted molar refractivity (Wildman–Crippen MR) is 77.5 cm³/mol. The van der Waals surface area contributed by atoms with E-state index in [9.17, 15) is 9.90 Å². The molecule has 1 atom stereocenters. The predicted octanol–water partition coefficient (Wildman–Crippen LogP) is 3.21. The van der Waals surface area contributed by atoms with Crippen molar-refractivity contribution in [3.63, 3.8) is 0 Å². The fourth-order valence-corrected chi connectivity index (χ4v) is 1.93. The second kappa shape index (κ2) is 6.87. The molecule has 0 bridgehead atoms. The molecule has 0 unspecified atom stereocenters. The van der Waals surface area contributed by atoms with Crippen LogP contribution in [0, 0.1) is 6.92 Å². The molecule has 0 amide bonds. The first-order valence-electron chi connectivity index (χ1n) is 6.59. The Bertz CT molecular complexity index is 546. The van der Waals surface area contributed by atoms with Gasteiger partial charge in [0.05, 0.1) is 6.61 Å². The summed E-state index contributed by atoms with van der Waals surface area (Å²) in [7, 11) is 0. The third-order valence-electron chi connectivity index (χ3n) is 3.11. The van der Waals surface area contributed by atoms with Crippen molar-refractivity contribution >= 4 is 5.97 Å². The van der Waals surface area contributed by atoms with Crippen LogP contribution in [-0.2, 0) is 22.6 Å². The van der Waals surface area contributed by atoms with Crippen LogP contribution in [0.4, 0.5) is 0 Å². The highest BCUT2D eigenvalue weighted by molar-refractivity contribution is 5.72. The van der Waals surface area contributed by atoms with E-state index in [1.807, 2.05) is 61.5 Å². The van der Waals surface area contributed by atoms with Crippen molar-refractivity contribution in [3.8, 4) is 0 Å². The van der Waals surface area contributed by atoms with E-state index in [2.05, 4.69) is 0 Å². The van der Waals surface area contributed by atoms with Crippen LogP contribution in [0.3, 0.4) is 0 Å². The van der Waals surface area contributed by atoms with E-state index in [-0.39, 0.29) is 0 Å². The first kappa shape index (κ1) is 14.3. The zero-order valence-electron chi connectivity index (χ0n) is 11.5. The van der Waals surface area contributed by atoms with Crippen molar-refractivity contribution in [1.29, 1.82) is 0 Å². The lowest BCUT2D eigenvalue weighted by atomic mass is 10.1. The summed E-state index contributed by atoms with van der Waals surface area (Å²) in [6.45, 7) is 2.31. The smallest absolute Gasteiger partial charge is 0.333 e. The molecule has 0 saturated carbocycles. The molecule has 0 aromatic heterocycles. The molecule has 3 nitrogen and oxygen atoms in total. The molecule has 0 aliphatic rings. The molecule has 3 heteroatoms. The molecule has 0 heterocycles. The monoisotopic (exact) mass is 270 g/mol. The van der Waals surface area contributed by atoms with Crippen molar-refractivity contribution in [2.75, 3.05) is 0 Å². The van der Waals surface area contributed by atoms with Crippen LogP contribution in [0.1, 0.15) is 16.7 Å². The number of rotatable bonds is 6. The van der Waals surface area contributed by atoms with Gasteiger partial charge in [0.15, 0.2) is 6.10 Å². The normalized spacial score (nSPS) is 12.1. The van der Waals surface area contributed by atoms with Gasteiger partial charge in [0.2, 0.25) is 0 Å². The molecular weight excluding hydrogens is 252 g/mol. The fraction of sp³-hybridized carbons (Fsp3) is 0.235. The van der Waals surface area contributed by atoms with Gasteiger partial charge >= 0.3 is 5.97 Å². The summed E-state index contributed by atoms with van der Waals surface area (Å²) in [4.78, 5) is 11.3. The minimum atomic E-state index is -0.929. The lowest BCUT2D eigenvalue weighted by Crippen LogP contribution is -2.26. The third-order valence-corrected chi connectivity index (χ3v) is 3.11. The number of carboxylic acids is 1. The molecule has 2 rings (SSSR count). The lowest BCUT2D eigenvalue weighted by Gasteiger charge is -2.14. The fourth-order valence-electron chi connectivity index (χ4n) is 1.93. The van der Waals surface area contributed by atoms with Crippen LogP contribution in [0.2, 0.25) is 0 Å². The van der Waals surface area contributed by atoms with Crippen LogP contribution < -0.4 is 0 Å². The number of hydrogen-bond acceptors (Lipinski definition) is 2. The molecule has 0 saturated heterocycles. The van der Waals surface area contributed by atoms with Gasteiger partial charge in [0.25, 0.3) is 0 Å². The maximum Gasteiger partial charge on any atom is 0.333 e. The summed E-state index contributed by atoms with van der Waals surface area (Å²) in [6, 6.07) is 17.4. The van der Waals surface area contributed by atoms with Gasteiger partial charge in [-0.1, -0.05) is 60.2 Å². The number of carboxylic acid groups (broad SMARTS) is 1. The van der Waals surface area contributed by atoms with Crippen molar-refractivity contribution in [2.45, 2.75) is 26.1 Å². The molecule has 0 radical (unpaired) electrons. The third kappa shape index (κ3) is 4.21. The summed E-state index contributed by atoms with van der Waals surface area (Å²) >= 11 is 0. The maximum atomic E-state index is 11.3. The number of carbonyl (C=O) groups is 1. The van der Waals surface area contributed by atoms with Crippen molar-refractivity contribution in [1.82, 2.24) is 0 Å². The Hall–Kier alpha value is -2.13. The first-order valence-corrected chi connectivity index (χ1v) is 6.59. The van der Waals surface area contributed by atoms with Crippen molar-refractivity contribution in [3.05, 3.63) is 71.3 Å². The topological polar surface area (TPSA) is 46.5 Å². The van der Waals surface area contributed by atoms with E-state index < -0.39 is 12.1 Å². The zero-order valence-corrected chi connectivity index (χ0v) is 11.5. The Morgan fingerprint density at radius 2 is 1.70 bits per heavy atom. The van der Waals surface area contributed by atoms with Gasteiger partial charge in [-0.05, 0) is 18.1 Å². The summed E-state index contributed by atoms with van der Waals surface area (Å²) in [5, 5.41) is 9.24. The number of ether oxygens (including phenoxy) is 1. The Kier molecular flexibility index (Phi) is 4.91. The Morgan fingerprint density at radius 3 is 2.30 bits per heavy atom.